The summed E-state index contributed by atoms with van der Waals surface area (Å²) >= 11 is 8.85. The molecule has 1 saturated carbocycles. The second-order valence-corrected chi connectivity index (χ2v) is 5.36. The Morgan fingerprint density at radius 1 is 1.53 bits per heavy atom. The van der Waals surface area contributed by atoms with E-state index in [4.69, 9.17) is 11.6 Å². The van der Waals surface area contributed by atoms with Crippen molar-refractivity contribution in [3.8, 4) is 0 Å². The number of nitrogens with one attached hydrogen (secondary N) is 1. The van der Waals surface area contributed by atoms with Crippen LogP contribution < -0.4 is 5.32 Å². The molecule has 0 spiro atoms. The van der Waals surface area contributed by atoms with E-state index in [-0.39, 0.29) is 16.4 Å². The number of hydrogen-bond acceptors (Lipinski definition) is 2. The highest BCUT2D eigenvalue weighted by molar-refractivity contribution is 9.10. The van der Waals surface area contributed by atoms with Gasteiger partial charge in [-0.05, 0) is 40.9 Å². The van der Waals surface area contributed by atoms with Crippen LogP contribution in [-0.4, -0.2) is 18.4 Å². The van der Waals surface area contributed by atoms with Crippen molar-refractivity contribution in [3.05, 3.63) is 33.0 Å². The van der Waals surface area contributed by atoms with Gasteiger partial charge in [-0.15, -0.1) is 0 Å². The maximum Gasteiger partial charge on any atom is 0.167 e. The van der Waals surface area contributed by atoms with Crippen LogP contribution in [0.5, 0.6) is 0 Å². The molecule has 5 heteroatoms. The second-order valence-electron chi connectivity index (χ2n) is 4.12. The Bertz CT molecular complexity index is 448. The van der Waals surface area contributed by atoms with Gasteiger partial charge in [0.25, 0.3) is 0 Å². The first-order chi connectivity index (χ1) is 8.09. The number of carbonyl (C=O) groups is 1. The highest BCUT2D eigenvalue weighted by Crippen LogP contribution is 2.28. The van der Waals surface area contributed by atoms with Gasteiger partial charge >= 0.3 is 0 Å². The Morgan fingerprint density at radius 2 is 2.24 bits per heavy atom. The van der Waals surface area contributed by atoms with Crippen LogP contribution in [0.15, 0.2) is 16.6 Å². The molecule has 1 N–H and O–H groups in total. The van der Waals surface area contributed by atoms with Crippen molar-refractivity contribution >= 4 is 33.3 Å². The zero-order valence-electron chi connectivity index (χ0n) is 9.10. The minimum atomic E-state index is -0.641. The predicted octanol–water partition coefficient (Wildman–Crippen LogP) is 3.57. The first-order valence-electron chi connectivity index (χ1n) is 5.49. The topological polar surface area (TPSA) is 29.1 Å². The zero-order chi connectivity index (χ0) is 12.4. The maximum atomic E-state index is 13.7. The van der Waals surface area contributed by atoms with E-state index in [0.717, 1.165) is 0 Å². The number of ketones is 1. The highest BCUT2D eigenvalue weighted by Gasteiger charge is 2.21. The Labute approximate surface area is 113 Å². The molecule has 0 heterocycles. The number of benzene rings is 1. The molecule has 17 heavy (non-hydrogen) atoms. The second kappa shape index (κ2) is 5.46. The van der Waals surface area contributed by atoms with Gasteiger partial charge in [0.15, 0.2) is 11.6 Å². The lowest BCUT2D eigenvalue weighted by molar-refractivity contribution is 0.0978. The smallest absolute Gasteiger partial charge is 0.167 e. The van der Waals surface area contributed by atoms with Gasteiger partial charge in [-0.2, -0.15) is 0 Å². The first-order valence-corrected chi connectivity index (χ1v) is 6.66. The van der Waals surface area contributed by atoms with Crippen molar-refractivity contribution in [1.82, 2.24) is 5.32 Å². The molecule has 2 nitrogen and oxygen atoms in total. The van der Waals surface area contributed by atoms with Gasteiger partial charge < -0.3 is 5.32 Å². The lowest BCUT2D eigenvalue weighted by atomic mass is 10.1. The molecule has 92 valence electrons. The number of Topliss-reactive ketones (excluding diaryl/α,β-unsaturated/α-hetero) is 1. The Morgan fingerprint density at radius 3 is 2.88 bits per heavy atom. The molecular formula is C12H12BrClFNO. The minimum absolute atomic E-state index is 0.0361. The molecule has 1 aliphatic rings. The van der Waals surface area contributed by atoms with E-state index in [1.165, 1.54) is 18.9 Å². The third-order valence-electron chi connectivity index (χ3n) is 2.70. The van der Waals surface area contributed by atoms with Crippen LogP contribution in [0.25, 0.3) is 0 Å². The molecule has 2 rings (SSSR count). The fourth-order valence-corrected chi connectivity index (χ4v) is 2.02. The Hall–Kier alpha value is -0.450. The summed E-state index contributed by atoms with van der Waals surface area (Å²) in [6.45, 7) is 0.594. The molecule has 0 saturated heterocycles. The number of rotatable bonds is 5. The molecule has 1 aliphatic carbocycles. The van der Waals surface area contributed by atoms with E-state index in [1.54, 1.807) is 6.07 Å². The monoisotopic (exact) mass is 319 g/mol. The summed E-state index contributed by atoms with van der Waals surface area (Å²) in [5, 5.41) is 3.18. The van der Waals surface area contributed by atoms with Gasteiger partial charge in [0.1, 0.15) is 0 Å². The van der Waals surface area contributed by atoms with Crippen molar-refractivity contribution in [2.45, 2.75) is 25.3 Å². The minimum Gasteiger partial charge on any atom is -0.314 e. The lowest BCUT2D eigenvalue weighted by Gasteiger charge is -2.06. The average Bonchev–Trinajstić information content (AvgIpc) is 3.10. The van der Waals surface area contributed by atoms with Gasteiger partial charge in [-0.3, -0.25) is 4.79 Å². The highest BCUT2D eigenvalue weighted by atomic mass is 79.9. The Kier molecular flexibility index (Phi) is 4.17. The summed E-state index contributed by atoms with van der Waals surface area (Å²) in [4.78, 5) is 11.8. The number of halogens is 3. The van der Waals surface area contributed by atoms with E-state index >= 15 is 0 Å². The van der Waals surface area contributed by atoms with Crippen LogP contribution >= 0.6 is 27.5 Å². The molecule has 0 atom stereocenters. The quantitative estimate of drug-likeness (QED) is 0.664. The van der Waals surface area contributed by atoms with E-state index < -0.39 is 5.82 Å². The molecule has 0 amide bonds. The van der Waals surface area contributed by atoms with Gasteiger partial charge in [0.2, 0.25) is 0 Å². The molecule has 1 aromatic rings. The summed E-state index contributed by atoms with van der Waals surface area (Å²) in [6, 6.07) is 3.61. The van der Waals surface area contributed by atoms with Crippen LogP contribution in [0.4, 0.5) is 4.39 Å². The summed E-state index contributed by atoms with van der Waals surface area (Å²) in [5.41, 5.74) is 0.0656. The molecule has 0 aromatic heterocycles. The van der Waals surface area contributed by atoms with E-state index in [1.807, 2.05) is 0 Å². The zero-order valence-corrected chi connectivity index (χ0v) is 11.4. The molecule has 0 radical (unpaired) electrons. The predicted molar refractivity (Wildman–Crippen MR) is 69.1 cm³/mol. The van der Waals surface area contributed by atoms with Crippen LogP contribution in [0.2, 0.25) is 5.02 Å². The molecule has 0 bridgehead atoms. The lowest BCUT2D eigenvalue weighted by Crippen LogP contribution is -2.20. The summed E-state index contributed by atoms with van der Waals surface area (Å²) in [5.74, 6) is -0.859. The van der Waals surface area contributed by atoms with Crippen molar-refractivity contribution in [3.63, 3.8) is 0 Å². The van der Waals surface area contributed by atoms with Crippen LogP contribution in [0.3, 0.4) is 0 Å². The van der Waals surface area contributed by atoms with Crippen LogP contribution in [0, 0.1) is 5.82 Å². The third kappa shape index (κ3) is 3.27. The van der Waals surface area contributed by atoms with Crippen LogP contribution in [0.1, 0.15) is 29.6 Å². The fourth-order valence-electron chi connectivity index (χ4n) is 1.55. The van der Waals surface area contributed by atoms with Crippen molar-refractivity contribution in [2.75, 3.05) is 6.54 Å². The number of hydrogen-bond donors (Lipinski definition) is 1. The van der Waals surface area contributed by atoms with E-state index in [0.29, 0.717) is 23.5 Å². The SMILES string of the molecule is O=C(CCNC1CC1)c1ccc(Br)c(Cl)c1F. The van der Waals surface area contributed by atoms with Crippen molar-refractivity contribution in [2.24, 2.45) is 0 Å². The van der Waals surface area contributed by atoms with E-state index in [9.17, 15) is 9.18 Å². The van der Waals surface area contributed by atoms with E-state index in [2.05, 4.69) is 21.2 Å². The summed E-state index contributed by atoms with van der Waals surface area (Å²) in [6.07, 6.45) is 2.64. The molecule has 1 fully saturated rings. The summed E-state index contributed by atoms with van der Waals surface area (Å²) < 4.78 is 14.2. The third-order valence-corrected chi connectivity index (χ3v) is 3.96. The van der Waals surface area contributed by atoms with Crippen LogP contribution in [-0.2, 0) is 0 Å². The fraction of sp³-hybridized carbons (Fsp3) is 0.417. The molecule has 0 unspecified atom stereocenters. The normalized spacial score (nSPS) is 15.0. The van der Waals surface area contributed by atoms with Gasteiger partial charge in [0.05, 0.1) is 10.6 Å². The van der Waals surface area contributed by atoms with Gasteiger partial charge in [0, 0.05) is 23.5 Å². The largest absolute Gasteiger partial charge is 0.314 e. The first kappa shape index (κ1) is 13.0. The average molecular weight is 321 g/mol. The number of carbonyl (C=O) groups excluding carboxylic acids is 1. The standard InChI is InChI=1S/C12H12BrClFNO/c13-9-4-3-8(12(15)11(9)14)10(17)5-6-16-7-1-2-7/h3-4,7,16H,1-2,5-6H2. The Balaban J connectivity index is 2.00. The van der Waals surface area contributed by atoms with Gasteiger partial charge in [-0.25, -0.2) is 4.39 Å². The van der Waals surface area contributed by atoms with Crippen molar-refractivity contribution < 1.29 is 9.18 Å². The summed E-state index contributed by atoms with van der Waals surface area (Å²) in [7, 11) is 0. The molecule has 1 aromatic carbocycles. The maximum absolute atomic E-state index is 13.7. The molecular weight excluding hydrogens is 308 g/mol. The van der Waals surface area contributed by atoms with Crippen molar-refractivity contribution in [1.29, 1.82) is 0 Å². The molecule has 0 aliphatic heterocycles. The van der Waals surface area contributed by atoms with Gasteiger partial charge in [-0.1, -0.05) is 11.6 Å².